The molecular formula is C26H30ClN3O4. The quantitative estimate of drug-likeness (QED) is 0.684. The fraction of sp³-hybridized carbons (Fsp3) is 0.423. The lowest BCUT2D eigenvalue weighted by Crippen LogP contribution is -2.41. The van der Waals surface area contributed by atoms with E-state index in [2.05, 4.69) is 5.32 Å². The van der Waals surface area contributed by atoms with Crippen molar-refractivity contribution < 1.29 is 19.1 Å². The molecule has 2 aromatic carbocycles. The Kier molecular flexibility index (Phi) is 7.41. The summed E-state index contributed by atoms with van der Waals surface area (Å²) in [5, 5.41) is 3.49. The molecule has 2 aliphatic rings. The summed E-state index contributed by atoms with van der Waals surface area (Å²) in [6.07, 6.45) is 3.19. The van der Waals surface area contributed by atoms with E-state index in [1.807, 2.05) is 30.0 Å². The Labute approximate surface area is 205 Å². The Morgan fingerprint density at radius 3 is 2.26 bits per heavy atom. The normalized spacial score (nSPS) is 16.4. The standard InChI is InChI=1S/C26H30ClN3O4/c1-17-20(25(32)29-12-3-4-13-29)6-5-7-22(17)28-24(31)18-10-14-30(15-11-18)26(33)21-16-19(27)8-9-23(21)34-2/h5-9,16,18H,3-4,10-15H2,1-2H3,(H,28,31). The highest BCUT2D eigenvalue weighted by atomic mass is 35.5. The molecular weight excluding hydrogens is 454 g/mol. The number of halogens is 1. The van der Waals surface area contributed by atoms with Crippen molar-refractivity contribution in [3.63, 3.8) is 0 Å². The topological polar surface area (TPSA) is 79.0 Å². The van der Waals surface area contributed by atoms with Gasteiger partial charge in [0, 0.05) is 48.4 Å². The monoisotopic (exact) mass is 483 g/mol. The van der Waals surface area contributed by atoms with E-state index >= 15 is 0 Å². The molecule has 180 valence electrons. The number of piperidine rings is 1. The van der Waals surface area contributed by atoms with Gasteiger partial charge in [-0.2, -0.15) is 0 Å². The van der Waals surface area contributed by atoms with Gasteiger partial charge in [0.25, 0.3) is 11.8 Å². The van der Waals surface area contributed by atoms with Crippen molar-refractivity contribution in [1.29, 1.82) is 0 Å². The van der Waals surface area contributed by atoms with Crippen LogP contribution in [-0.4, -0.2) is 60.8 Å². The van der Waals surface area contributed by atoms with E-state index in [9.17, 15) is 14.4 Å². The van der Waals surface area contributed by atoms with Crippen LogP contribution in [0.2, 0.25) is 5.02 Å². The summed E-state index contributed by atoms with van der Waals surface area (Å²) in [7, 11) is 1.52. The summed E-state index contributed by atoms with van der Waals surface area (Å²) in [5.74, 6) is 0.0635. The zero-order valence-electron chi connectivity index (χ0n) is 19.6. The van der Waals surface area contributed by atoms with Crippen molar-refractivity contribution in [1.82, 2.24) is 9.80 Å². The Balaban J connectivity index is 1.38. The second-order valence-corrected chi connectivity index (χ2v) is 9.31. The number of methoxy groups -OCH3 is 1. The van der Waals surface area contributed by atoms with Gasteiger partial charge in [-0.15, -0.1) is 0 Å². The Bertz CT molecular complexity index is 1090. The average molecular weight is 484 g/mol. The molecule has 2 heterocycles. The van der Waals surface area contributed by atoms with Gasteiger partial charge >= 0.3 is 0 Å². The van der Waals surface area contributed by atoms with Crippen molar-refractivity contribution in [3.8, 4) is 5.75 Å². The number of ether oxygens (including phenoxy) is 1. The maximum absolute atomic E-state index is 13.0. The Morgan fingerprint density at radius 2 is 1.59 bits per heavy atom. The molecule has 0 aliphatic carbocycles. The van der Waals surface area contributed by atoms with Crippen LogP contribution in [0.4, 0.5) is 5.69 Å². The number of anilines is 1. The van der Waals surface area contributed by atoms with Gasteiger partial charge in [0.15, 0.2) is 0 Å². The van der Waals surface area contributed by atoms with Crippen LogP contribution in [0, 0.1) is 12.8 Å². The number of carbonyl (C=O) groups is 3. The number of amides is 3. The van der Waals surface area contributed by atoms with Crippen LogP contribution < -0.4 is 10.1 Å². The molecule has 8 heteroatoms. The van der Waals surface area contributed by atoms with Gasteiger partial charge in [0.05, 0.1) is 12.7 Å². The smallest absolute Gasteiger partial charge is 0.257 e. The molecule has 4 rings (SSSR count). The Morgan fingerprint density at radius 1 is 0.941 bits per heavy atom. The van der Waals surface area contributed by atoms with E-state index in [0.29, 0.717) is 53.5 Å². The summed E-state index contributed by atoms with van der Waals surface area (Å²) < 4.78 is 5.31. The van der Waals surface area contributed by atoms with Crippen molar-refractivity contribution in [2.75, 3.05) is 38.6 Å². The van der Waals surface area contributed by atoms with Crippen LogP contribution in [0.1, 0.15) is 52.0 Å². The minimum atomic E-state index is -0.206. The van der Waals surface area contributed by atoms with E-state index in [4.69, 9.17) is 16.3 Å². The number of nitrogens with one attached hydrogen (secondary N) is 1. The second kappa shape index (κ2) is 10.5. The zero-order chi connectivity index (χ0) is 24.2. The number of carbonyl (C=O) groups excluding carboxylic acids is 3. The lowest BCUT2D eigenvalue weighted by molar-refractivity contribution is -0.121. The van der Waals surface area contributed by atoms with E-state index < -0.39 is 0 Å². The minimum Gasteiger partial charge on any atom is -0.496 e. The highest BCUT2D eigenvalue weighted by molar-refractivity contribution is 6.31. The third kappa shape index (κ3) is 5.04. The van der Waals surface area contributed by atoms with E-state index in [0.717, 1.165) is 31.5 Å². The molecule has 2 aliphatic heterocycles. The van der Waals surface area contributed by atoms with Gasteiger partial charge in [-0.3, -0.25) is 14.4 Å². The van der Waals surface area contributed by atoms with Gasteiger partial charge < -0.3 is 19.9 Å². The first-order valence-electron chi connectivity index (χ1n) is 11.7. The number of nitrogens with zero attached hydrogens (tertiary/aromatic N) is 2. The molecule has 0 saturated carbocycles. The van der Waals surface area contributed by atoms with Crippen molar-refractivity contribution in [3.05, 3.63) is 58.1 Å². The molecule has 2 saturated heterocycles. The number of rotatable bonds is 5. The highest BCUT2D eigenvalue weighted by Gasteiger charge is 2.30. The van der Waals surface area contributed by atoms with Crippen LogP contribution >= 0.6 is 11.6 Å². The SMILES string of the molecule is COc1ccc(Cl)cc1C(=O)N1CCC(C(=O)Nc2cccc(C(=O)N3CCCC3)c2C)CC1. The second-order valence-electron chi connectivity index (χ2n) is 8.88. The molecule has 0 aromatic heterocycles. The first-order valence-corrected chi connectivity index (χ1v) is 12.1. The molecule has 0 bridgehead atoms. The first-order chi connectivity index (χ1) is 16.4. The number of hydrogen-bond acceptors (Lipinski definition) is 4. The van der Waals surface area contributed by atoms with Gasteiger partial charge in [-0.1, -0.05) is 17.7 Å². The van der Waals surface area contributed by atoms with Crippen LogP contribution in [0.3, 0.4) is 0 Å². The van der Waals surface area contributed by atoms with Crippen LogP contribution in [0.5, 0.6) is 5.75 Å². The number of likely N-dealkylation sites (tertiary alicyclic amines) is 2. The highest BCUT2D eigenvalue weighted by Crippen LogP contribution is 2.28. The van der Waals surface area contributed by atoms with Crippen molar-refractivity contribution >= 4 is 35.0 Å². The molecule has 1 N–H and O–H groups in total. The summed E-state index contributed by atoms with van der Waals surface area (Å²) in [4.78, 5) is 42.5. The predicted molar refractivity (Wildman–Crippen MR) is 132 cm³/mol. The number of hydrogen-bond donors (Lipinski definition) is 1. The maximum Gasteiger partial charge on any atom is 0.257 e. The molecule has 2 aromatic rings. The first kappa shape index (κ1) is 24.1. The van der Waals surface area contributed by atoms with E-state index in [1.165, 1.54) is 7.11 Å². The van der Waals surface area contributed by atoms with Crippen LogP contribution in [0.25, 0.3) is 0 Å². The summed E-state index contributed by atoms with van der Waals surface area (Å²) >= 11 is 6.08. The molecule has 0 unspecified atom stereocenters. The lowest BCUT2D eigenvalue weighted by Gasteiger charge is -2.32. The fourth-order valence-corrected chi connectivity index (χ4v) is 4.86. The van der Waals surface area contributed by atoms with Crippen LogP contribution in [-0.2, 0) is 4.79 Å². The lowest BCUT2D eigenvalue weighted by atomic mass is 9.95. The summed E-state index contributed by atoms with van der Waals surface area (Å²) in [6, 6.07) is 10.4. The average Bonchev–Trinajstić information content (AvgIpc) is 3.39. The fourth-order valence-electron chi connectivity index (χ4n) is 4.69. The molecule has 3 amide bonds. The molecule has 2 fully saturated rings. The van der Waals surface area contributed by atoms with Crippen molar-refractivity contribution in [2.24, 2.45) is 5.92 Å². The minimum absolute atomic E-state index is 0.0226. The number of benzene rings is 2. The largest absolute Gasteiger partial charge is 0.496 e. The van der Waals surface area contributed by atoms with Gasteiger partial charge in [0.1, 0.15) is 5.75 Å². The molecule has 0 radical (unpaired) electrons. The predicted octanol–water partition coefficient (Wildman–Crippen LogP) is 4.38. The Hall–Kier alpha value is -3.06. The maximum atomic E-state index is 13.0. The van der Waals surface area contributed by atoms with E-state index in [1.54, 1.807) is 23.1 Å². The van der Waals surface area contributed by atoms with Gasteiger partial charge in [-0.05, 0) is 68.5 Å². The summed E-state index contributed by atoms with van der Waals surface area (Å²) in [5.41, 5.74) is 2.51. The van der Waals surface area contributed by atoms with Gasteiger partial charge in [-0.25, -0.2) is 0 Å². The molecule has 0 spiro atoms. The van der Waals surface area contributed by atoms with Crippen molar-refractivity contribution in [2.45, 2.75) is 32.6 Å². The van der Waals surface area contributed by atoms with Crippen LogP contribution in [0.15, 0.2) is 36.4 Å². The van der Waals surface area contributed by atoms with Gasteiger partial charge in [0.2, 0.25) is 5.91 Å². The molecule has 0 atom stereocenters. The third-order valence-corrected chi connectivity index (χ3v) is 7.00. The molecule has 7 nitrogen and oxygen atoms in total. The van der Waals surface area contributed by atoms with E-state index in [-0.39, 0.29) is 23.6 Å². The zero-order valence-corrected chi connectivity index (χ0v) is 20.4. The summed E-state index contributed by atoms with van der Waals surface area (Å²) in [6.45, 7) is 4.39. The third-order valence-electron chi connectivity index (χ3n) is 6.76. The molecule has 34 heavy (non-hydrogen) atoms.